The van der Waals surface area contributed by atoms with Crippen LogP contribution in [0.15, 0.2) is 6.07 Å². The molecule has 0 N–H and O–H groups in total. The number of rotatable bonds is 5. The Morgan fingerprint density at radius 2 is 1.04 bits per heavy atom. The fourth-order valence-corrected chi connectivity index (χ4v) is 3.91. The van der Waals surface area contributed by atoms with Gasteiger partial charge in [-0.05, 0) is 85.0 Å². The van der Waals surface area contributed by atoms with Crippen molar-refractivity contribution in [3.63, 3.8) is 0 Å². The molecule has 0 saturated carbocycles. The van der Waals surface area contributed by atoms with Crippen molar-refractivity contribution in [1.82, 2.24) is 0 Å². The predicted molar refractivity (Wildman–Crippen MR) is 126 cm³/mol. The average Bonchev–Trinajstić information content (AvgIpc) is 2.36. The van der Waals surface area contributed by atoms with Crippen LogP contribution >= 0.6 is 0 Å². The topological polar surface area (TPSA) is 9.23 Å². The van der Waals surface area contributed by atoms with Crippen molar-refractivity contribution in [2.45, 2.75) is 121 Å². The van der Waals surface area contributed by atoms with Crippen molar-refractivity contribution in [3.05, 3.63) is 28.3 Å². The second-order valence-electron chi connectivity index (χ2n) is 13.3. The van der Waals surface area contributed by atoms with E-state index >= 15 is 0 Å². The van der Waals surface area contributed by atoms with Gasteiger partial charge in [0.25, 0.3) is 0 Å². The van der Waals surface area contributed by atoms with Gasteiger partial charge < -0.3 is 4.74 Å². The van der Waals surface area contributed by atoms with E-state index in [0.717, 1.165) is 31.4 Å². The Labute approximate surface area is 176 Å². The third-order valence-electron chi connectivity index (χ3n) is 4.58. The molecule has 0 aliphatic heterocycles. The summed E-state index contributed by atoms with van der Waals surface area (Å²) >= 11 is 0. The van der Waals surface area contributed by atoms with Gasteiger partial charge in [0.05, 0.1) is 0 Å². The van der Waals surface area contributed by atoms with Crippen LogP contribution < -0.4 is 4.74 Å². The first kappa shape index (κ1) is 25.1. The Morgan fingerprint density at radius 3 is 1.39 bits per heavy atom. The Hall–Kier alpha value is -0.980. The smallest absolute Gasteiger partial charge is 0.126 e. The van der Waals surface area contributed by atoms with E-state index in [1.807, 2.05) is 0 Å². The van der Waals surface area contributed by atoms with Crippen molar-refractivity contribution >= 4 is 0 Å². The number of ether oxygens (including phenoxy) is 1. The minimum absolute atomic E-state index is 0.199. The number of hydrogen-bond donors (Lipinski definition) is 0. The molecule has 1 nitrogen and oxygen atoms in total. The lowest BCUT2D eigenvalue weighted by atomic mass is 9.77. The maximum atomic E-state index is 6.68. The van der Waals surface area contributed by atoms with Gasteiger partial charge in [0.2, 0.25) is 0 Å². The van der Waals surface area contributed by atoms with E-state index in [-0.39, 0.29) is 21.8 Å². The number of hydrogen-bond acceptors (Lipinski definition) is 1. The van der Waals surface area contributed by atoms with Gasteiger partial charge in [-0.25, -0.2) is 0 Å². The van der Waals surface area contributed by atoms with Crippen LogP contribution in [-0.2, 0) is 25.7 Å². The summed E-state index contributed by atoms with van der Waals surface area (Å²) in [6.07, 6.45) is 4.26. The first-order chi connectivity index (χ1) is 12.3. The van der Waals surface area contributed by atoms with Crippen LogP contribution in [0.25, 0.3) is 0 Å². The molecule has 0 atom stereocenters. The molecule has 28 heavy (non-hydrogen) atoms. The molecule has 1 rings (SSSR count). The molecule has 0 aliphatic rings. The third-order valence-corrected chi connectivity index (χ3v) is 4.58. The van der Waals surface area contributed by atoms with E-state index in [9.17, 15) is 0 Å². The van der Waals surface area contributed by atoms with E-state index in [1.165, 1.54) is 22.3 Å². The summed E-state index contributed by atoms with van der Waals surface area (Å²) in [6.45, 7) is 29.9. The zero-order valence-electron chi connectivity index (χ0n) is 21.3. The summed E-state index contributed by atoms with van der Waals surface area (Å²) in [5, 5.41) is 0. The van der Waals surface area contributed by atoms with Crippen LogP contribution in [0.5, 0.6) is 5.75 Å². The molecular weight excluding hydrogens is 340 g/mol. The summed E-state index contributed by atoms with van der Waals surface area (Å²) in [4.78, 5) is 0. The highest BCUT2D eigenvalue weighted by Gasteiger charge is 2.28. The van der Waals surface area contributed by atoms with Gasteiger partial charge in [-0.3, -0.25) is 0 Å². The lowest BCUT2D eigenvalue weighted by molar-refractivity contribution is 0.125. The van der Waals surface area contributed by atoms with E-state index in [4.69, 9.17) is 4.74 Å². The molecule has 1 heteroatoms. The van der Waals surface area contributed by atoms with Gasteiger partial charge in [-0.2, -0.15) is 0 Å². The lowest BCUT2D eigenvalue weighted by Gasteiger charge is -2.33. The van der Waals surface area contributed by atoms with Gasteiger partial charge in [-0.1, -0.05) is 75.3 Å². The second-order valence-corrected chi connectivity index (χ2v) is 13.3. The summed E-state index contributed by atoms with van der Waals surface area (Å²) in [7, 11) is 0. The van der Waals surface area contributed by atoms with Gasteiger partial charge in [0, 0.05) is 0 Å². The minimum Gasteiger partial charge on any atom is -0.488 e. The SMILES string of the molecule is CCc1c(CC(C)(C)C)cc(CC(C)(C)C)c(OC(C)(C)C)c1CC(C)(C)C. The molecule has 1 aromatic rings. The molecule has 0 fully saturated rings. The van der Waals surface area contributed by atoms with Crippen LogP contribution in [0.4, 0.5) is 0 Å². The molecule has 0 amide bonds. The molecule has 0 unspecified atom stereocenters. The van der Waals surface area contributed by atoms with E-state index in [2.05, 4.69) is 96.1 Å². The van der Waals surface area contributed by atoms with Gasteiger partial charge in [-0.15, -0.1) is 0 Å². The molecule has 0 spiro atoms. The molecular formula is C27H48O. The van der Waals surface area contributed by atoms with Crippen molar-refractivity contribution in [2.75, 3.05) is 0 Å². The molecule has 0 heterocycles. The molecule has 0 bridgehead atoms. The Kier molecular flexibility index (Phi) is 7.52. The zero-order chi connectivity index (χ0) is 22.1. The highest BCUT2D eigenvalue weighted by molar-refractivity contribution is 5.52. The fourth-order valence-electron chi connectivity index (χ4n) is 3.91. The van der Waals surface area contributed by atoms with Gasteiger partial charge >= 0.3 is 0 Å². The van der Waals surface area contributed by atoms with Crippen molar-refractivity contribution in [3.8, 4) is 5.75 Å². The van der Waals surface area contributed by atoms with Crippen molar-refractivity contribution < 1.29 is 4.74 Å². The second kappa shape index (κ2) is 8.41. The maximum Gasteiger partial charge on any atom is 0.126 e. The Balaban J connectivity index is 3.83. The highest BCUT2D eigenvalue weighted by atomic mass is 16.5. The minimum atomic E-state index is -0.199. The highest BCUT2D eigenvalue weighted by Crippen LogP contribution is 2.41. The molecule has 0 aliphatic carbocycles. The molecule has 162 valence electrons. The van der Waals surface area contributed by atoms with Gasteiger partial charge in [0.1, 0.15) is 11.4 Å². The summed E-state index contributed by atoms with van der Waals surface area (Å²) < 4.78 is 6.68. The van der Waals surface area contributed by atoms with Crippen molar-refractivity contribution in [2.24, 2.45) is 16.2 Å². The predicted octanol–water partition coefficient (Wildman–Crippen LogP) is 8.19. The lowest BCUT2D eigenvalue weighted by Crippen LogP contribution is -2.27. The first-order valence-electron chi connectivity index (χ1n) is 11.2. The average molecular weight is 389 g/mol. The van der Waals surface area contributed by atoms with Crippen molar-refractivity contribution in [1.29, 1.82) is 0 Å². The van der Waals surface area contributed by atoms with E-state index in [1.54, 1.807) is 0 Å². The molecule has 0 aromatic heterocycles. The van der Waals surface area contributed by atoms with Crippen LogP contribution in [0.1, 0.15) is 112 Å². The third kappa shape index (κ3) is 8.58. The van der Waals surface area contributed by atoms with E-state index < -0.39 is 0 Å². The van der Waals surface area contributed by atoms with Crippen LogP contribution in [0.3, 0.4) is 0 Å². The molecule has 0 saturated heterocycles. The Bertz CT molecular complexity index is 652. The quantitative estimate of drug-likeness (QED) is 0.494. The normalized spacial score (nSPS) is 13.8. The fraction of sp³-hybridized carbons (Fsp3) is 0.778. The largest absolute Gasteiger partial charge is 0.488 e. The van der Waals surface area contributed by atoms with Gasteiger partial charge in [0.15, 0.2) is 0 Å². The summed E-state index contributed by atoms with van der Waals surface area (Å²) in [5.74, 6) is 1.16. The first-order valence-corrected chi connectivity index (χ1v) is 11.2. The molecule has 0 radical (unpaired) electrons. The van der Waals surface area contributed by atoms with Crippen LogP contribution in [0.2, 0.25) is 0 Å². The van der Waals surface area contributed by atoms with Crippen LogP contribution in [0, 0.1) is 16.2 Å². The zero-order valence-corrected chi connectivity index (χ0v) is 21.3. The number of benzene rings is 1. The molecule has 1 aromatic carbocycles. The monoisotopic (exact) mass is 388 g/mol. The Morgan fingerprint density at radius 1 is 0.607 bits per heavy atom. The van der Waals surface area contributed by atoms with Crippen LogP contribution in [-0.4, -0.2) is 5.60 Å². The summed E-state index contributed by atoms with van der Waals surface area (Å²) in [5.41, 5.74) is 6.39. The summed E-state index contributed by atoms with van der Waals surface area (Å²) in [6, 6.07) is 2.47. The van der Waals surface area contributed by atoms with E-state index in [0.29, 0.717) is 0 Å². The maximum absolute atomic E-state index is 6.68. The standard InChI is InChI=1S/C27H48O/c1-14-21-19(16-24(2,3)4)15-20(17-25(5,6)7)23(28-27(11,12)13)22(21)18-26(8,9)10/h15H,14,16-18H2,1-13H3.